The van der Waals surface area contributed by atoms with Crippen LogP contribution in [0.15, 0.2) is 30.4 Å². The molecule has 298 valence electrons. The molecule has 2 aliphatic carbocycles. The summed E-state index contributed by atoms with van der Waals surface area (Å²) in [6.07, 6.45) is -2.54. The van der Waals surface area contributed by atoms with Crippen LogP contribution in [-0.4, -0.2) is 94.0 Å². The monoisotopic (exact) mass is 793 g/mol. The minimum absolute atomic E-state index is 0.0298. The van der Waals surface area contributed by atoms with Crippen molar-refractivity contribution in [2.45, 2.75) is 111 Å². The van der Waals surface area contributed by atoms with E-state index in [0.29, 0.717) is 38.5 Å². The molecule has 19 heteroatoms. The van der Waals surface area contributed by atoms with Crippen molar-refractivity contribution in [3.05, 3.63) is 41.6 Å². The molecule has 4 amide bonds. The van der Waals surface area contributed by atoms with Crippen LogP contribution >= 0.6 is 0 Å². The highest BCUT2D eigenvalue weighted by Gasteiger charge is 2.64. The number of benzene rings is 1. The van der Waals surface area contributed by atoms with E-state index in [-0.39, 0.29) is 41.5 Å². The number of aliphatic hydroxyl groups is 1. The number of hydrogen-bond donors (Lipinski definition) is 5. The molecule has 1 aromatic carbocycles. The Balaban J connectivity index is 1.29. The van der Waals surface area contributed by atoms with Crippen molar-refractivity contribution >= 4 is 44.7 Å². The zero-order chi connectivity index (χ0) is 39.7. The lowest BCUT2D eigenvalue weighted by Gasteiger charge is -2.39. The molecule has 1 spiro atoms. The number of hydrogen-bond acceptors (Lipinski definition) is 10. The number of sulfonamides is 1. The van der Waals surface area contributed by atoms with Gasteiger partial charge >= 0.3 is 12.3 Å². The zero-order valence-corrected chi connectivity index (χ0v) is 30.9. The highest BCUT2D eigenvalue weighted by atomic mass is 32.2. The third-order valence-corrected chi connectivity index (χ3v) is 13.7. The number of methoxy groups -OCH3 is 1. The summed E-state index contributed by atoms with van der Waals surface area (Å²) in [7, 11) is -2.76. The van der Waals surface area contributed by atoms with E-state index in [1.54, 1.807) is 6.08 Å². The quantitative estimate of drug-likeness (QED) is 0.277. The molecule has 15 nitrogen and oxygen atoms in total. The summed E-state index contributed by atoms with van der Waals surface area (Å²) >= 11 is 0. The van der Waals surface area contributed by atoms with Gasteiger partial charge in [0.1, 0.15) is 29.0 Å². The van der Waals surface area contributed by atoms with Crippen molar-refractivity contribution in [3.63, 3.8) is 0 Å². The number of fused-ring (bicyclic) bond motifs is 5. The Morgan fingerprint density at radius 3 is 2.55 bits per heavy atom. The van der Waals surface area contributed by atoms with Crippen molar-refractivity contribution in [2.75, 3.05) is 13.7 Å². The van der Waals surface area contributed by atoms with E-state index in [1.807, 2.05) is 6.08 Å². The van der Waals surface area contributed by atoms with Gasteiger partial charge in [-0.2, -0.15) is 13.2 Å². The number of aromatic nitrogens is 1. The van der Waals surface area contributed by atoms with Crippen LogP contribution in [0.4, 0.5) is 18.0 Å². The van der Waals surface area contributed by atoms with Gasteiger partial charge in [-0.1, -0.05) is 25.0 Å². The molecule has 0 unspecified atom stereocenters. The number of pyridine rings is 1. The molecule has 1 aromatic heterocycles. The van der Waals surface area contributed by atoms with Crippen molar-refractivity contribution in [3.8, 4) is 11.5 Å². The summed E-state index contributed by atoms with van der Waals surface area (Å²) in [5.74, 6) is -3.88. The lowest BCUT2D eigenvalue weighted by Crippen LogP contribution is -2.58. The largest absolute Gasteiger partial charge is 0.497 e. The van der Waals surface area contributed by atoms with Gasteiger partial charge < -0.3 is 35.2 Å². The van der Waals surface area contributed by atoms with Crippen LogP contribution in [0, 0.1) is 5.92 Å². The van der Waals surface area contributed by atoms with Gasteiger partial charge in [0.2, 0.25) is 21.8 Å². The van der Waals surface area contributed by atoms with E-state index in [9.17, 15) is 51.0 Å². The average Bonchev–Trinajstić information content (AvgIpc) is 4.00. The molecule has 6 atom stereocenters. The van der Waals surface area contributed by atoms with Crippen molar-refractivity contribution in [2.24, 2.45) is 5.92 Å². The van der Waals surface area contributed by atoms with Gasteiger partial charge in [-0.15, -0.1) is 0 Å². The smallest absolute Gasteiger partial charge is 0.437 e. The maximum atomic E-state index is 14.6. The number of alkyl halides is 3. The van der Waals surface area contributed by atoms with E-state index in [4.69, 9.17) is 9.47 Å². The average molecular weight is 794 g/mol. The fourth-order valence-corrected chi connectivity index (χ4v) is 9.38. The van der Waals surface area contributed by atoms with Crippen LogP contribution < -0.4 is 24.8 Å². The Bertz CT molecular complexity index is 2090. The predicted molar refractivity (Wildman–Crippen MR) is 187 cm³/mol. The number of carbonyl (C=O) groups excluding carboxylic acids is 3. The van der Waals surface area contributed by atoms with E-state index < -0.39 is 104 Å². The Hall–Kier alpha value is -4.65. The summed E-state index contributed by atoms with van der Waals surface area (Å²) in [6.45, 7) is 0.958. The van der Waals surface area contributed by atoms with Gasteiger partial charge in [0.15, 0.2) is 11.4 Å². The molecule has 5 N–H and O–H groups in total. The normalized spacial score (nSPS) is 30.5. The molecule has 4 heterocycles. The highest BCUT2D eigenvalue weighted by Crippen LogP contribution is 2.53. The Morgan fingerprint density at radius 1 is 1.13 bits per heavy atom. The molecule has 3 aliphatic heterocycles. The minimum Gasteiger partial charge on any atom is -0.497 e. The number of rotatable bonds is 5. The second kappa shape index (κ2) is 13.5. The molecule has 0 radical (unpaired) electrons. The van der Waals surface area contributed by atoms with E-state index in [1.165, 1.54) is 32.2 Å². The number of amides is 4. The van der Waals surface area contributed by atoms with Gasteiger partial charge in [-0.05, 0) is 63.6 Å². The number of aliphatic hydroxyl groups excluding tert-OH is 1. The van der Waals surface area contributed by atoms with Crippen molar-refractivity contribution in [1.29, 1.82) is 0 Å². The number of nitrogens with zero attached hydrogens (tertiary/aromatic N) is 2. The predicted octanol–water partition coefficient (Wildman–Crippen LogP) is 3.45. The van der Waals surface area contributed by atoms with Gasteiger partial charge in [-0.25, -0.2) is 18.2 Å². The maximum Gasteiger partial charge on any atom is 0.437 e. The topological polar surface area (TPSA) is 214 Å². The van der Waals surface area contributed by atoms with Crippen LogP contribution in [0.1, 0.15) is 88.5 Å². The number of halogens is 3. The molecule has 2 saturated carbocycles. The first-order valence-electron chi connectivity index (χ1n) is 18.1. The highest BCUT2D eigenvalue weighted by molar-refractivity contribution is 7.91. The lowest BCUT2D eigenvalue weighted by molar-refractivity contribution is -0.145. The van der Waals surface area contributed by atoms with Crippen LogP contribution in [0.5, 0.6) is 11.5 Å². The van der Waals surface area contributed by atoms with Gasteiger partial charge in [0.25, 0.3) is 5.91 Å². The van der Waals surface area contributed by atoms with Gasteiger partial charge in [0, 0.05) is 29.7 Å². The number of carboxylic acid groups (broad SMARTS) is 1. The lowest BCUT2D eigenvalue weighted by atomic mass is 9.85. The van der Waals surface area contributed by atoms with Crippen molar-refractivity contribution < 1.29 is 60.5 Å². The molecule has 5 aliphatic rings. The van der Waals surface area contributed by atoms with Gasteiger partial charge in [-0.3, -0.25) is 19.1 Å². The molecule has 2 aromatic rings. The molecular formula is C36H42F3N5O10S. The summed E-state index contributed by atoms with van der Waals surface area (Å²) < 4.78 is 82.6. The first kappa shape index (κ1) is 38.6. The number of ether oxygens (including phenoxy) is 2. The van der Waals surface area contributed by atoms with Crippen LogP contribution in [0.2, 0.25) is 0 Å². The summed E-state index contributed by atoms with van der Waals surface area (Å²) in [4.78, 5) is 59.3. The summed E-state index contributed by atoms with van der Waals surface area (Å²) in [6, 6.07) is 1.25. The fourth-order valence-electron chi connectivity index (χ4n) is 8.07. The molecular weight excluding hydrogens is 751 g/mol. The number of nitrogens with one attached hydrogen (secondary N) is 3. The standard InChI is InChI=1S/C36H42F3N5O10S/c1-33(12-13-33)55(51,52)43-31(48)35-15-19(35)8-6-4-3-5-7-9-23(41-32(49)50)30(47)44-18-34(16-24(44)29(46)42-35)17-25(45)26-21-14-20(53-2)10-11-22(21)40-28(27(26)54-34)36(37,38)39/h6,8,10-11,14,19,23-25,41,45H,3-5,7,9,12-13,15-18H2,1-2H3,(H,42,46)(H,43,48)(H,49,50)/t19-,23+,24+,25-,34+,35-/m1/s1. The van der Waals surface area contributed by atoms with Crippen LogP contribution in [0.3, 0.4) is 0 Å². The van der Waals surface area contributed by atoms with E-state index in [2.05, 4.69) is 20.3 Å². The number of allylic oxidation sites excluding steroid dienone is 1. The summed E-state index contributed by atoms with van der Waals surface area (Å²) in [5, 5.41) is 26.3. The van der Waals surface area contributed by atoms with E-state index >= 15 is 0 Å². The summed E-state index contributed by atoms with van der Waals surface area (Å²) in [5.41, 5.74) is -5.28. The molecule has 7 rings (SSSR count). The maximum absolute atomic E-state index is 14.6. The molecule has 1 saturated heterocycles. The van der Waals surface area contributed by atoms with Crippen molar-refractivity contribution in [1.82, 2.24) is 25.2 Å². The third kappa shape index (κ3) is 7.04. The van der Waals surface area contributed by atoms with E-state index in [0.717, 1.165) is 4.90 Å². The molecule has 0 bridgehead atoms. The first-order chi connectivity index (χ1) is 25.8. The molecule has 55 heavy (non-hydrogen) atoms. The Kier molecular flexibility index (Phi) is 9.50. The van der Waals surface area contributed by atoms with Gasteiger partial charge in [0.05, 0.1) is 30.0 Å². The first-order valence-corrected chi connectivity index (χ1v) is 19.6. The molecule has 3 fully saturated rings. The Morgan fingerprint density at radius 2 is 1.87 bits per heavy atom. The zero-order valence-electron chi connectivity index (χ0n) is 30.1. The van der Waals surface area contributed by atoms with Crippen LogP contribution in [-0.2, 0) is 30.6 Å². The Labute approximate surface area is 314 Å². The number of carbonyl (C=O) groups is 4. The SMILES string of the molecule is COc1ccc2nc(C(F)(F)F)c3c(c2c1)[C@H](O)C[C@]1(C[C@H]2C(=O)N[C@]4(C(=O)NS(=O)(=O)C5(C)CC5)C[C@H]4C=CCCCCC[C@H](NC(=O)O)C(=O)N2C1)O3. The second-order valence-electron chi connectivity index (χ2n) is 15.5. The fraction of sp³-hybridized carbons (Fsp3) is 0.583. The van der Waals surface area contributed by atoms with Crippen LogP contribution in [0.25, 0.3) is 10.9 Å². The third-order valence-electron chi connectivity index (χ3n) is 11.6. The minimum atomic E-state index is -5.06. The second-order valence-corrected chi connectivity index (χ2v) is 17.7.